The van der Waals surface area contributed by atoms with Gasteiger partial charge in [0.2, 0.25) is 0 Å². The predicted molar refractivity (Wildman–Crippen MR) is 87.0 cm³/mol. The number of hydrogen-bond donors (Lipinski definition) is 2. The molecule has 1 aliphatic heterocycles. The van der Waals surface area contributed by atoms with Crippen molar-refractivity contribution in [1.82, 2.24) is 5.32 Å². The molecule has 5 heteroatoms. The zero-order valence-electron chi connectivity index (χ0n) is 13.0. The summed E-state index contributed by atoms with van der Waals surface area (Å²) in [5, 5.41) is 6.39. The molecule has 0 atom stereocenters. The van der Waals surface area contributed by atoms with Gasteiger partial charge in [-0.05, 0) is 45.9 Å². The van der Waals surface area contributed by atoms with E-state index in [1.807, 2.05) is 0 Å². The van der Waals surface area contributed by atoms with E-state index in [1.54, 1.807) is 18.2 Å². The van der Waals surface area contributed by atoms with E-state index in [2.05, 4.69) is 38.3 Å². The first-order valence-corrected chi connectivity index (χ1v) is 7.97. The molecule has 2 rings (SSSR count). The molecule has 0 aliphatic carbocycles. The van der Waals surface area contributed by atoms with Crippen molar-refractivity contribution in [3.8, 4) is 0 Å². The average molecular weight is 330 g/mol. The number of nitrogens with two attached hydrogens (primary N) is 1. The van der Waals surface area contributed by atoms with Crippen LogP contribution in [0.5, 0.6) is 0 Å². The van der Waals surface area contributed by atoms with Gasteiger partial charge in [-0.25, -0.2) is 0 Å². The van der Waals surface area contributed by atoms with Crippen LogP contribution in [0.25, 0.3) is 0 Å². The van der Waals surface area contributed by atoms with Crippen LogP contribution >= 0.6 is 23.2 Å². The van der Waals surface area contributed by atoms with Crippen LogP contribution in [0.1, 0.15) is 50.9 Å². The van der Waals surface area contributed by atoms with Crippen molar-refractivity contribution in [3.05, 3.63) is 33.8 Å². The topological polar surface area (TPSA) is 45.7 Å². The number of hydrogen-bond acceptors (Lipinski definition) is 1. The van der Waals surface area contributed by atoms with E-state index in [1.165, 1.54) is 0 Å². The fourth-order valence-electron chi connectivity index (χ4n) is 3.53. The first kappa shape index (κ1) is 16.6. The Morgan fingerprint density at radius 2 is 1.71 bits per heavy atom. The number of halogens is 2. The number of piperidine rings is 1. The number of amides is 1. The van der Waals surface area contributed by atoms with Crippen LogP contribution in [0.2, 0.25) is 10.0 Å². The first-order chi connectivity index (χ1) is 9.58. The summed E-state index contributed by atoms with van der Waals surface area (Å²) in [6.07, 6.45) is 1.90. The average Bonchev–Trinajstić information content (AvgIpc) is 2.28. The second kappa shape index (κ2) is 5.79. The fourth-order valence-corrected chi connectivity index (χ4v) is 3.82. The second-order valence-corrected chi connectivity index (χ2v) is 8.14. The van der Waals surface area contributed by atoms with Crippen molar-refractivity contribution in [3.63, 3.8) is 0 Å². The Morgan fingerprint density at radius 3 is 2.24 bits per heavy atom. The molecule has 0 unspecified atom stereocenters. The molecule has 1 amide bonds. The van der Waals surface area contributed by atoms with Gasteiger partial charge in [-0.2, -0.15) is 0 Å². The third-order valence-electron chi connectivity index (χ3n) is 3.84. The Hall–Kier alpha value is -0.770. The molecule has 0 aromatic heterocycles. The summed E-state index contributed by atoms with van der Waals surface area (Å²) >= 11 is 11.9. The van der Waals surface area contributed by atoms with Crippen molar-refractivity contribution in [2.75, 3.05) is 0 Å². The van der Waals surface area contributed by atoms with Gasteiger partial charge in [-0.1, -0.05) is 23.2 Å². The minimum atomic E-state index is -0.0907. The van der Waals surface area contributed by atoms with Crippen LogP contribution in [0, 0.1) is 0 Å². The summed E-state index contributed by atoms with van der Waals surface area (Å²) in [4.78, 5) is 12.4. The summed E-state index contributed by atoms with van der Waals surface area (Å²) in [6.45, 7) is 8.86. The van der Waals surface area contributed by atoms with Crippen LogP contribution in [0.3, 0.4) is 0 Å². The van der Waals surface area contributed by atoms with Crippen LogP contribution in [-0.2, 0) is 0 Å². The molecule has 1 saturated heterocycles. The zero-order chi connectivity index (χ0) is 15.8. The van der Waals surface area contributed by atoms with Gasteiger partial charge in [0, 0.05) is 24.4 Å². The minimum Gasteiger partial charge on any atom is -0.349 e. The van der Waals surface area contributed by atoms with E-state index in [9.17, 15) is 4.79 Å². The molecular formula is C16H23Cl2N2O+. The molecule has 1 fully saturated rings. The van der Waals surface area contributed by atoms with E-state index in [-0.39, 0.29) is 23.0 Å². The number of nitrogens with one attached hydrogen (secondary N) is 1. The Labute approximate surface area is 136 Å². The molecular weight excluding hydrogens is 307 g/mol. The third kappa shape index (κ3) is 4.35. The second-order valence-electron chi connectivity index (χ2n) is 7.33. The highest BCUT2D eigenvalue weighted by Gasteiger charge is 2.42. The highest BCUT2D eigenvalue weighted by Crippen LogP contribution is 2.24. The van der Waals surface area contributed by atoms with Crippen LogP contribution < -0.4 is 10.6 Å². The lowest BCUT2D eigenvalue weighted by molar-refractivity contribution is -0.787. The maximum absolute atomic E-state index is 12.4. The predicted octanol–water partition coefficient (Wildman–Crippen LogP) is 3.01. The van der Waals surface area contributed by atoms with E-state index < -0.39 is 0 Å². The molecule has 0 spiro atoms. The highest BCUT2D eigenvalue weighted by atomic mass is 35.5. The monoisotopic (exact) mass is 329 g/mol. The summed E-state index contributed by atoms with van der Waals surface area (Å²) in [5.41, 5.74) is 0.795. The SMILES string of the molecule is CC1(C)CC(NC(=O)c2ccc(Cl)c(Cl)c2)CC(C)(C)[NH2+]1. The molecule has 1 aromatic carbocycles. The standard InChI is InChI=1S/C16H22Cl2N2O/c1-15(2)8-11(9-16(3,4)20-15)19-14(21)10-5-6-12(17)13(18)7-10/h5-7,11,20H,8-9H2,1-4H3,(H,19,21)/p+1. The largest absolute Gasteiger partial charge is 0.349 e. The summed E-state index contributed by atoms with van der Waals surface area (Å²) in [6, 6.07) is 5.14. The molecule has 0 bridgehead atoms. The maximum Gasteiger partial charge on any atom is 0.251 e. The van der Waals surface area contributed by atoms with Gasteiger partial charge in [0.15, 0.2) is 0 Å². The van der Waals surface area contributed by atoms with Gasteiger partial charge in [0.05, 0.1) is 21.1 Å². The van der Waals surface area contributed by atoms with Crippen molar-refractivity contribution < 1.29 is 10.1 Å². The number of benzene rings is 1. The van der Waals surface area contributed by atoms with Gasteiger partial charge in [-0.3, -0.25) is 4.79 Å². The van der Waals surface area contributed by atoms with Crippen LogP contribution in [0.15, 0.2) is 18.2 Å². The molecule has 3 N–H and O–H groups in total. The van der Waals surface area contributed by atoms with Gasteiger partial charge < -0.3 is 10.6 Å². The van der Waals surface area contributed by atoms with Crippen molar-refractivity contribution >= 4 is 29.1 Å². The van der Waals surface area contributed by atoms with Gasteiger partial charge >= 0.3 is 0 Å². The molecule has 0 saturated carbocycles. The Kier molecular flexibility index (Phi) is 4.57. The van der Waals surface area contributed by atoms with Crippen molar-refractivity contribution in [2.24, 2.45) is 0 Å². The first-order valence-electron chi connectivity index (χ1n) is 7.21. The van der Waals surface area contributed by atoms with Gasteiger partial charge in [-0.15, -0.1) is 0 Å². The molecule has 1 heterocycles. The zero-order valence-corrected chi connectivity index (χ0v) is 14.5. The number of quaternary nitrogens is 1. The Balaban J connectivity index is 2.10. The summed E-state index contributed by atoms with van der Waals surface area (Å²) in [5.74, 6) is -0.0907. The molecule has 21 heavy (non-hydrogen) atoms. The highest BCUT2D eigenvalue weighted by molar-refractivity contribution is 6.42. The number of carbonyl (C=O) groups excluding carboxylic acids is 1. The smallest absolute Gasteiger partial charge is 0.251 e. The molecule has 116 valence electrons. The lowest BCUT2D eigenvalue weighted by Gasteiger charge is -2.43. The van der Waals surface area contributed by atoms with E-state index in [4.69, 9.17) is 23.2 Å². The molecule has 1 aliphatic rings. The van der Waals surface area contributed by atoms with E-state index in [0.29, 0.717) is 15.6 Å². The number of carbonyl (C=O) groups is 1. The Bertz CT molecular complexity index is 539. The fraction of sp³-hybridized carbons (Fsp3) is 0.562. The number of rotatable bonds is 2. The molecule has 1 aromatic rings. The van der Waals surface area contributed by atoms with Crippen molar-refractivity contribution in [1.29, 1.82) is 0 Å². The Morgan fingerprint density at radius 1 is 1.14 bits per heavy atom. The maximum atomic E-state index is 12.4. The van der Waals surface area contributed by atoms with Crippen molar-refractivity contribution in [2.45, 2.75) is 57.7 Å². The van der Waals surface area contributed by atoms with Crippen LogP contribution in [-0.4, -0.2) is 23.0 Å². The molecule has 0 radical (unpaired) electrons. The van der Waals surface area contributed by atoms with E-state index >= 15 is 0 Å². The lowest BCUT2D eigenvalue weighted by atomic mass is 9.79. The van der Waals surface area contributed by atoms with Gasteiger partial charge in [0.25, 0.3) is 5.91 Å². The minimum absolute atomic E-state index is 0.0907. The molecule has 3 nitrogen and oxygen atoms in total. The summed E-state index contributed by atoms with van der Waals surface area (Å²) < 4.78 is 0. The lowest BCUT2D eigenvalue weighted by Crippen LogP contribution is -3.06. The third-order valence-corrected chi connectivity index (χ3v) is 4.58. The van der Waals surface area contributed by atoms with Gasteiger partial charge in [0.1, 0.15) is 0 Å². The summed E-state index contributed by atoms with van der Waals surface area (Å²) in [7, 11) is 0. The normalized spacial score (nSPS) is 21.0. The van der Waals surface area contributed by atoms with Crippen LogP contribution in [0.4, 0.5) is 0 Å². The van der Waals surface area contributed by atoms with E-state index in [0.717, 1.165) is 12.8 Å². The quantitative estimate of drug-likeness (QED) is 0.860.